The summed E-state index contributed by atoms with van der Waals surface area (Å²) in [7, 11) is 3.36. The molecule has 0 radical (unpaired) electrons. The molecule has 0 fully saturated rings. The Morgan fingerprint density at radius 3 is 2.91 bits per heavy atom. The molecule has 4 heterocycles. The lowest BCUT2D eigenvalue weighted by atomic mass is 10.1. The monoisotopic (exact) mass is 444 g/mol. The molecule has 12 heteroatoms. The van der Waals surface area contributed by atoms with Gasteiger partial charge in [0, 0.05) is 36.9 Å². The zero-order valence-electron chi connectivity index (χ0n) is 17.9. The van der Waals surface area contributed by atoms with Crippen LogP contribution < -0.4 is 15.8 Å². The van der Waals surface area contributed by atoms with Crippen molar-refractivity contribution < 1.29 is 9.53 Å². The van der Waals surface area contributed by atoms with Crippen molar-refractivity contribution >= 4 is 22.9 Å². The van der Waals surface area contributed by atoms with E-state index in [4.69, 9.17) is 15.6 Å². The summed E-state index contributed by atoms with van der Waals surface area (Å²) in [5.74, 6) is 0.903. The van der Waals surface area contributed by atoms with Crippen molar-refractivity contribution in [2.24, 2.45) is 7.05 Å². The van der Waals surface area contributed by atoms with E-state index in [1.54, 1.807) is 66.4 Å². The number of nitrogens with two attached hydrogens (primary N) is 1. The average Bonchev–Trinajstić information content (AvgIpc) is 3.53. The van der Waals surface area contributed by atoms with E-state index >= 15 is 0 Å². The first kappa shape index (κ1) is 20.2. The minimum atomic E-state index is -0.369. The molecule has 4 aromatic heterocycles. The van der Waals surface area contributed by atoms with Gasteiger partial charge in [-0.25, -0.2) is 14.5 Å². The lowest BCUT2D eigenvalue weighted by molar-refractivity contribution is 0.102. The number of carbonyl (C=O) groups excluding carboxylic acids is 1. The molecular weight excluding hydrogens is 424 g/mol. The molecule has 0 aliphatic rings. The number of hydrogen-bond acceptors (Lipinski definition) is 8. The van der Waals surface area contributed by atoms with Gasteiger partial charge in [0.05, 0.1) is 19.0 Å². The second kappa shape index (κ2) is 8.07. The van der Waals surface area contributed by atoms with Gasteiger partial charge in [0.25, 0.3) is 5.91 Å². The van der Waals surface area contributed by atoms with E-state index in [-0.39, 0.29) is 5.91 Å². The maximum absolute atomic E-state index is 13.2. The molecule has 0 bridgehead atoms. The fraction of sp³-hybridized carbons (Fsp3) is 0.143. The van der Waals surface area contributed by atoms with E-state index in [2.05, 4.69) is 25.5 Å². The molecule has 0 aliphatic heterocycles. The van der Waals surface area contributed by atoms with E-state index in [9.17, 15) is 4.79 Å². The molecule has 5 aromatic rings. The Morgan fingerprint density at radius 2 is 2.12 bits per heavy atom. The highest BCUT2D eigenvalue weighted by molar-refractivity contribution is 6.09. The Balaban J connectivity index is 1.57. The van der Waals surface area contributed by atoms with Gasteiger partial charge < -0.3 is 15.8 Å². The van der Waals surface area contributed by atoms with E-state index in [0.717, 1.165) is 0 Å². The van der Waals surface area contributed by atoms with Gasteiger partial charge in [0.1, 0.15) is 35.7 Å². The molecule has 0 spiro atoms. The first-order valence-electron chi connectivity index (χ1n) is 9.97. The summed E-state index contributed by atoms with van der Waals surface area (Å²) in [6.07, 6.45) is 8.00. The van der Waals surface area contributed by atoms with Crippen LogP contribution in [0.3, 0.4) is 0 Å². The van der Waals surface area contributed by atoms with Crippen LogP contribution in [0.25, 0.3) is 16.9 Å². The van der Waals surface area contributed by atoms with Crippen LogP contribution >= 0.6 is 0 Å². The molecule has 0 saturated carbocycles. The van der Waals surface area contributed by atoms with Crippen molar-refractivity contribution in [3.63, 3.8) is 0 Å². The fourth-order valence-corrected chi connectivity index (χ4v) is 3.49. The van der Waals surface area contributed by atoms with Gasteiger partial charge in [-0.1, -0.05) is 0 Å². The number of ether oxygens (including phenoxy) is 1. The molecule has 12 nitrogen and oxygen atoms in total. The second-order valence-electron chi connectivity index (χ2n) is 7.25. The summed E-state index contributed by atoms with van der Waals surface area (Å²) in [5, 5.41) is 15.9. The Morgan fingerprint density at radius 1 is 1.24 bits per heavy atom. The molecule has 166 valence electrons. The molecular formula is C21H20N10O2. The highest BCUT2D eigenvalue weighted by Gasteiger charge is 2.21. The van der Waals surface area contributed by atoms with E-state index in [1.165, 1.54) is 17.0 Å². The number of nitrogen functional groups attached to an aromatic ring is 1. The van der Waals surface area contributed by atoms with E-state index in [0.29, 0.717) is 52.0 Å². The molecule has 3 N–H and O–H groups in total. The maximum Gasteiger partial charge on any atom is 0.261 e. The van der Waals surface area contributed by atoms with E-state index < -0.39 is 0 Å². The van der Waals surface area contributed by atoms with Gasteiger partial charge in [0.2, 0.25) is 0 Å². The van der Waals surface area contributed by atoms with Crippen LogP contribution in [0.5, 0.6) is 5.75 Å². The van der Waals surface area contributed by atoms with Crippen LogP contribution in [0.2, 0.25) is 0 Å². The number of carbonyl (C=O) groups is 1. The SMILES string of the molecule is COc1ccc(N)cc1-c1nn(Cc2ncnn2C)cc1NC(=O)c1cnn2cccnc12. The van der Waals surface area contributed by atoms with Crippen molar-refractivity contribution in [1.82, 2.24) is 39.1 Å². The Labute approximate surface area is 187 Å². The number of fused-ring (bicyclic) bond motifs is 1. The number of aryl methyl sites for hydroxylation is 1. The van der Waals surface area contributed by atoms with Crippen LogP contribution in [0.4, 0.5) is 11.4 Å². The van der Waals surface area contributed by atoms with Crippen molar-refractivity contribution in [1.29, 1.82) is 0 Å². The summed E-state index contributed by atoms with van der Waals surface area (Å²) < 4.78 is 10.4. The predicted octanol–water partition coefficient (Wildman–Crippen LogP) is 1.61. The van der Waals surface area contributed by atoms with E-state index in [1.807, 2.05) is 0 Å². The quantitative estimate of drug-likeness (QED) is 0.376. The first-order valence-corrected chi connectivity index (χ1v) is 9.97. The Bertz CT molecular complexity index is 1470. The number of nitrogens with zero attached hydrogens (tertiary/aromatic N) is 8. The largest absolute Gasteiger partial charge is 0.496 e. The standard InChI is InChI=1S/C21H20N10O2/c1-29-18(24-12-26-29)11-30-10-16(19(28-30)14-8-13(22)4-5-17(14)33-2)27-21(32)15-9-25-31-7-3-6-23-20(15)31/h3-10,12H,11,22H2,1-2H3,(H,27,32). The summed E-state index contributed by atoms with van der Waals surface area (Å²) in [6, 6.07) is 6.98. The molecule has 1 aromatic carbocycles. The predicted molar refractivity (Wildman–Crippen MR) is 120 cm³/mol. The maximum atomic E-state index is 13.2. The number of rotatable bonds is 6. The number of anilines is 2. The lowest BCUT2D eigenvalue weighted by Gasteiger charge is -2.10. The van der Waals surface area contributed by atoms with Crippen molar-refractivity contribution in [3.05, 3.63) is 66.8 Å². The summed E-state index contributed by atoms with van der Waals surface area (Å²) in [6.45, 7) is 0.349. The zero-order chi connectivity index (χ0) is 22.9. The molecule has 0 unspecified atom stereocenters. The van der Waals surface area contributed by atoms with Gasteiger partial charge in [-0.3, -0.25) is 14.2 Å². The normalized spacial score (nSPS) is 11.1. The third-order valence-corrected chi connectivity index (χ3v) is 5.12. The van der Waals surface area contributed by atoms with Gasteiger partial charge in [-0.2, -0.15) is 15.3 Å². The smallest absolute Gasteiger partial charge is 0.261 e. The zero-order valence-corrected chi connectivity index (χ0v) is 17.9. The number of amides is 1. The van der Waals surface area contributed by atoms with Crippen molar-refractivity contribution in [3.8, 4) is 17.0 Å². The third-order valence-electron chi connectivity index (χ3n) is 5.12. The van der Waals surface area contributed by atoms with Gasteiger partial charge in [0.15, 0.2) is 5.65 Å². The average molecular weight is 444 g/mol. The Kier molecular flexibility index (Phi) is 4.94. The van der Waals surface area contributed by atoms with Crippen LogP contribution in [0, 0.1) is 0 Å². The van der Waals surface area contributed by atoms with Crippen LogP contribution in [-0.4, -0.2) is 52.2 Å². The summed E-state index contributed by atoms with van der Waals surface area (Å²) in [5.41, 5.74) is 8.97. The summed E-state index contributed by atoms with van der Waals surface area (Å²) >= 11 is 0. The van der Waals surface area contributed by atoms with Crippen LogP contribution in [-0.2, 0) is 13.6 Å². The minimum absolute atomic E-state index is 0.335. The lowest BCUT2D eigenvalue weighted by Crippen LogP contribution is -2.12. The summed E-state index contributed by atoms with van der Waals surface area (Å²) in [4.78, 5) is 21.6. The molecule has 0 aliphatic carbocycles. The van der Waals surface area contributed by atoms with Crippen molar-refractivity contribution in [2.75, 3.05) is 18.2 Å². The number of hydrogen-bond donors (Lipinski definition) is 2. The van der Waals surface area contributed by atoms with Gasteiger partial charge in [-0.05, 0) is 24.3 Å². The first-order chi connectivity index (χ1) is 16.0. The Hall–Kier alpha value is -4.74. The number of nitrogens with one attached hydrogen (secondary N) is 1. The molecule has 5 rings (SSSR count). The molecule has 33 heavy (non-hydrogen) atoms. The molecule has 1 amide bonds. The van der Waals surface area contributed by atoms with Crippen molar-refractivity contribution in [2.45, 2.75) is 6.54 Å². The number of methoxy groups -OCH3 is 1. The van der Waals surface area contributed by atoms with Gasteiger partial charge in [-0.15, -0.1) is 0 Å². The second-order valence-corrected chi connectivity index (χ2v) is 7.25. The van der Waals surface area contributed by atoms with Gasteiger partial charge >= 0.3 is 0 Å². The minimum Gasteiger partial charge on any atom is -0.496 e. The third kappa shape index (κ3) is 3.73. The topological polar surface area (TPSA) is 143 Å². The highest BCUT2D eigenvalue weighted by Crippen LogP contribution is 2.35. The molecule has 0 atom stereocenters. The number of benzene rings is 1. The highest BCUT2D eigenvalue weighted by atomic mass is 16.5. The fourth-order valence-electron chi connectivity index (χ4n) is 3.49. The van der Waals surface area contributed by atoms with Crippen LogP contribution in [0.15, 0.2) is 55.4 Å². The molecule has 0 saturated heterocycles. The van der Waals surface area contributed by atoms with Crippen LogP contribution in [0.1, 0.15) is 16.2 Å². The number of aromatic nitrogens is 8.